The molecular weight excluding hydrogens is 270 g/mol. The maximum absolute atomic E-state index is 12.4. The fourth-order valence-electron chi connectivity index (χ4n) is 3.03. The molecule has 0 radical (unpaired) electrons. The van der Waals surface area contributed by atoms with E-state index in [1.54, 1.807) is 0 Å². The molecule has 5 heteroatoms. The normalized spacial score (nSPS) is 23.9. The predicted octanol–water partition coefficient (Wildman–Crippen LogP) is 2.03. The Morgan fingerprint density at radius 1 is 1.33 bits per heavy atom. The van der Waals surface area contributed by atoms with Crippen molar-refractivity contribution in [3.05, 3.63) is 23.8 Å². The minimum Gasteiger partial charge on any atom is -0.465 e. The van der Waals surface area contributed by atoms with E-state index in [4.69, 9.17) is 14.2 Å². The third kappa shape index (κ3) is 2.83. The zero-order valence-corrected chi connectivity index (χ0v) is 12.3. The van der Waals surface area contributed by atoms with Crippen molar-refractivity contribution in [2.24, 2.45) is 0 Å². The number of fused-ring (bicyclic) bond motifs is 1. The molecule has 114 valence electrons. The van der Waals surface area contributed by atoms with Crippen LogP contribution >= 0.6 is 0 Å². The number of carbonyl (C=O) groups is 1. The van der Waals surface area contributed by atoms with Gasteiger partial charge in [0, 0.05) is 6.42 Å². The standard InChI is InChI=1S/C16H21NO4/c1-2-19-15(18)16(7-3-4-8-17-16)10-12-5-6-13-14(9-12)21-11-20-13/h5-6,9,17H,2-4,7-8,10-11H2,1H3. The van der Waals surface area contributed by atoms with E-state index in [0.29, 0.717) is 13.0 Å². The lowest BCUT2D eigenvalue weighted by atomic mass is 9.83. The largest absolute Gasteiger partial charge is 0.465 e. The topological polar surface area (TPSA) is 56.8 Å². The average Bonchev–Trinajstić information content (AvgIpc) is 2.96. The van der Waals surface area contributed by atoms with Gasteiger partial charge in [-0.15, -0.1) is 0 Å². The molecule has 0 aliphatic carbocycles. The molecule has 1 N–H and O–H groups in total. The van der Waals surface area contributed by atoms with Gasteiger partial charge in [0.2, 0.25) is 6.79 Å². The van der Waals surface area contributed by atoms with Crippen LogP contribution in [0.15, 0.2) is 18.2 Å². The maximum Gasteiger partial charge on any atom is 0.326 e. The Morgan fingerprint density at radius 3 is 2.95 bits per heavy atom. The Bertz CT molecular complexity index is 523. The van der Waals surface area contributed by atoms with E-state index >= 15 is 0 Å². The van der Waals surface area contributed by atoms with Crippen molar-refractivity contribution < 1.29 is 19.0 Å². The molecule has 2 heterocycles. The summed E-state index contributed by atoms with van der Waals surface area (Å²) in [6, 6.07) is 5.85. The fraction of sp³-hybridized carbons (Fsp3) is 0.562. The number of carbonyl (C=O) groups excluding carboxylic acids is 1. The Labute approximate surface area is 124 Å². The zero-order valence-electron chi connectivity index (χ0n) is 12.3. The Hall–Kier alpha value is -1.75. The summed E-state index contributed by atoms with van der Waals surface area (Å²) in [7, 11) is 0. The van der Waals surface area contributed by atoms with Gasteiger partial charge in [0.05, 0.1) is 6.61 Å². The summed E-state index contributed by atoms with van der Waals surface area (Å²) in [6.45, 7) is 3.36. The number of piperidine rings is 1. The average molecular weight is 291 g/mol. The highest BCUT2D eigenvalue weighted by Crippen LogP contribution is 2.34. The molecule has 0 bridgehead atoms. The highest BCUT2D eigenvalue weighted by molar-refractivity contribution is 5.81. The highest BCUT2D eigenvalue weighted by atomic mass is 16.7. The van der Waals surface area contributed by atoms with Crippen LogP contribution in [0.2, 0.25) is 0 Å². The summed E-state index contributed by atoms with van der Waals surface area (Å²) in [6.07, 6.45) is 3.56. The maximum atomic E-state index is 12.4. The molecule has 0 aromatic heterocycles. The molecule has 3 rings (SSSR count). The minimum absolute atomic E-state index is 0.151. The number of esters is 1. The number of hydrogen-bond acceptors (Lipinski definition) is 5. The van der Waals surface area contributed by atoms with Crippen molar-refractivity contribution in [3.8, 4) is 11.5 Å². The smallest absolute Gasteiger partial charge is 0.326 e. The van der Waals surface area contributed by atoms with Gasteiger partial charge in [-0.25, -0.2) is 0 Å². The first-order chi connectivity index (χ1) is 10.2. The lowest BCUT2D eigenvalue weighted by Crippen LogP contribution is -2.57. The van der Waals surface area contributed by atoms with Crippen molar-refractivity contribution in [2.75, 3.05) is 19.9 Å². The van der Waals surface area contributed by atoms with Gasteiger partial charge < -0.3 is 19.5 Å². The molecule has 1 atom stereocenters. The molecule has 0 saturated carbocycles. The Balaban J connectivity index is 1.82. The van der Waals surface area contributed by atoms with Gasteiger partial charge in [0.15, 0.2) is 11.5 Å². The van der Waals surface area contributed by atoms with E-state index in [-0.39, 0.29) is 12.8 Å². The number of nitrogens with one attached hydrogen (secondary N) is 1. The van der Waals surface area contributed by atoms with E-state index in [0.717, 1.165) is 42.9 Å². The van der Waals surface area contributed by atoms with Gasteiger partial charge in [0.1, 0.15) is 5.54 Å². The second kappa shape index (κ2) is 5.93. The van der Waals surface area contributed by atoms with Crippen molar-refractivity contribution in [1.82, 2.24) is 5.32 Å². The molecular formula is C16H21NO4. The third-order valence-corrected chi connectivity index (χ3v) is 4.10. The summed E-state index contributed by atoms with van der Waals surface area (Å²) in [5.41, 5.74) is 0.448. The summed E-state index contributed by atoms with van der Waals surface area (Å²) in [5, 5.41) is 3.39. The van der Waals surface area contributed by atoms with Gasteiger partial charge >= 0.3 is 5.97 Å². The summed E-state index contributed by atoms with van der Waals surface area (Å²) in [4.78, 5) is 12.4. The first kappa shape index (κ1) is 14.2. The number of rotatable bonds is 4. The van der Waals surface area contributed by atoms with Crippen LogP contribution in [0.3, 0.4) is 0 Å². The minimum atomic E-state index is -0.609. The van der Waals surface area contributed by atoms with E-state index < -0.39 is 5.54 Å². The molecule has 1 aromatic rings. The van der Waals surface area contributed by atoms with Crippen molar-refractivity contribution in [2.45, 2.75) is 38.1 Å². The predicted molar refractivity (Wildman–Crippen MR) is 77.5 cm³/mol. The molecule has 2 aliphatic heterocycles. The van der Waals surface area contributed by atoms with E-state index in [2.05, 4.69) is 5.32 Å². The molecule has 1 unspecified atom stereocenters. The highest BCUT2D eigenvalue weighted by Gasteiger charge is 2.41. The molecule has 5 nitrogen and oxygen atoms in total. The van der Waals surface area contributed by atoms with E-state index in [1.165, 1.54) is 0 Å². The molecule has 0 spiro atoms. The van der Waals surface area contributed by atoms with Crippen LogP contribution in [-0.4, -0.2) is 31.5 Å². The van der Waals surface area contributed by atoms with Crippen LogP contribution in [0.4, 0.5) is 0 Å². The van der Waals surface area contributed by atoms with Crippen LogP contribution in [0.25, 0.3) is 0 Å². The summed E-state index contributed by atoms with van der Waals surface area (Å²) in [5.74, 6) is 1.37. The van der Waals surface area contributed by atoms with Gasteiger partial charge in [-0.2, -0.15) is 0 Å². The second-order valence-corrected chi connectivity index (χ2v) is 5.55. The lowest BCUT2D eigenvalue weighted by Gasteiger charge is -2.36. The molecule has 1 aromatic carbocycles. The SMILES string of the molecule is CCOC(=O)C1(Cc2ccc3c(c2)OCO3)CCCCN1. The van der Waals surface area contributed by atoms with Crippen molar-refractivity contribution >= 4 is 5.97 Å². The first-order valence-electron chi connectivity index (χ1n) is 7.54. The molecule has 21 heavy (non-hydrogen) atoms. The molecule has 2 aliphatic rings. The van der Waals surface area contributed by atoms with Crippen LogP contribution < -0.4 is 14.8 Å². The first-order valence-corrected chi connectivity index (χ1v) is 7.54. The number of ether oxygens (including phenoxy) is 3. The van der Waals surface area contributed by atoms with Gasteiger partial charge in [-0.1, -0.05) is 6.07 Å². The van der Waals surface area contributed by atoms with Gasteiger partial charge in [-0.05, 0) is 50.4 Å². The Kier molecular flexibility index (Phi) is 4.01. The van der Waals surface area contributed by atoms with Crippen molar-refractivity contribution in [3.63, 3.8) is 0 Å². The fourth-order valence-corrected chi connectivity index (χ4v) is 3.03. The van der Waals surface area contributed by atoms with Gasteiger partial charge in [0.25, 0.3) is 0 Å². The molecule has 0 amide bonds. The van der Waals surface area contributed by atoms with E-state index in [9.17, 15) is 4.79 Å². The third-order valence-electron chi connectivity index (χ3n) is 4.10. The summed E-state index contributed by atoms with van der Waals surface area (Å²) >= 11 is 0. The van der Waals surface area contributed by atoms with Gasteiger partial charge in [-0.3, -0.25) is 4.79 Å². The number of hydrogen-bond donors (Lipinski definition) is 1. The van der Waals surface area contributed by atoms with Crippen LogP contribution in [-0.2, 0) is 16.0 Å². The number of benzene rings is 1. The molecule has 1 saturated heterocycles. The van der Waals surface area contributed by atoms with E-state index in [1.807, 2.05) is 25.1 Å². The Morgan fingerprint density at radius 2 is 2.19 bits per heavy atom. The van der Waals surface area contributed by atoms with Crippen LogP contribution in [0.1, 0.15) is 31.7 Å². The monoisotopic (exact) mass is 291 g/mol. The second-order valence-electron chi connectivity index (χ2n) is 5.55. The van der Waals surface area contributed by atoms with Crippen molar-refractivity contribution in [1.29, 1.82) is 0 Å². The van der Waals surface area contributed by atoms with Crippen LogP contribution in [0.5, 0.6) is 11.5 Å². The quantitative estimate of drug-likeness (QED) is 0.860. The zero-order chi connectivity index (χ0) is 14.7. The summed E-state index contributed by atoms with van der Waals surface area (Å²) < 4.78 is 16.0. The molecule has 1 fully saturated rings. The lowest BCUT2D eigenvalue weighted by molar-refractivity contribution is -0.152. The van der Waals surface area contributed by atoms with Crippen LogP contribution in [0, 0.1) is 0 Å².